The van der Waals surface area contributed by atoms with E-state index in [1.54, 1.807) is 11.0 Å². The first-order valence-corrected chi connectivity index (χ1v) is 8.65. The van der Waals surface area contributed by atoms with Crippen molar-refractivity contribution in [3.63, 3.8) is 0 Å². The number of aryl methyl sites for hydroxylation is 2. The SMILES string of the molecule is CCC1(CO)CCN(C(=O)CNC(=O)c2ccc(C)c(C)c2)CC1. The number of amides is 2. The third-order valence-electron chi connectivity index (χ3n) is 5.43. The Morgan fingerprint density at radius 2 is 1.88 bits per heavy atom. The van der Waals surface area contributed by atoms with Crippen molar-refractivity contribution in [3.8, 4) is 0 Å². The molecule has 1 aromatic rings. The smallest absolute Gasteiger partial charge is 0.251 e. The first kappa shape index (κ1) is 18.5. The molecule has 24 heavy (non-hydrogen) atoms. The highest BCUT2D eigenvalue weighted by Crippen LogP contribution is 2.34. The summed E-state index contributed by atoms with van der Waals surface area (Å²) in [6.07, 6.45) is 2.56. The van der Waals surface area contributed by atoms with Crippen molar-refractivity contribution in [1.29, 1.82) is 0 Å². The molecule has 0 aliphatic carbocycles. The van der Waals surface area contributed by atoms with Crippen molar-refractivity contribution >= 4 is 11.8 Å². The Kier molecular flexibility index (Phi) is 5.99. The largest absolute Gasteiger partial charge is 0.396 e. The molecule has 0 aromatic heterocycles. The van der Waals surface area contributed by atoms with Crippen LogP contribution in [0.5, 0.6) is 0 Å². The lowest BCUT2D eigenvalue weighted by Crippen LogP contribution is -2.47. The molecule has 2 rings (SSSR count). The Hall–Kier alpha value is -1.88. The molecule has 0 bridgehead atoms. The summed E-state index contributed by atoms with van der Waals surface area (Å²) in [5.74, 6) is -0.281. The van der Waals surface area contributed by atoms with Crippen LogP contribution in [0, 0.1) is 19.3 Å². The molecule has 1 aliphatic heterocycles. The number of benzene rings is 1. The van der Waals surface area contributed by atoms with E-state index in [0.29, 0.717) is 18.7 Å². The number of carbonyl (C=O) groups excluding carboxylic acids is 2. The van der Waals surface area contributed by atoms with E-state index in [1.165, 1.54) is 0 Å². The van der Waals surface area contributed by atoms with Crippen LogP contribution in [-0.4, -0.2) is 48.1 Å². The van der Waals surface area contributed by atoms with Crippen molar-refractivity contribution in [2.24, 2.45) is 5.41 Å². The third kappa shape index (κ3) is 4.15. The number of rotatable bonds is 5. The topological polar surface area (TPSA) is 69.6 Å². The Morgan fingerprint density at radius 1 is 1.21 bits per heavy atom. The number of piperidine rings is 1. The van der Waals surface area contributed by atoms with E-state index in [2.05, 4.69) is 12.2 Å². The maximum atomic E-state index is 12.3. The van der Waals surface area contributed by atoms with E-state index in [-0.39, 0.29) is 30.4 Å². The van der Waals surface area contributed by atoms with Gasteiger partial charge < -0.3 is 15.3 Å². The lowest BCUT2D eigenvalue weighted by atomic mass is 9.77. The molecule has 1 heterocycles. The van der Waals surface area contributed by atoms with Gasteiger partial charge in [-0.05, 0) is 61.8 Å². The summed E-state index contributed by atoms with van der Waals surface area (Å²) in [5, 5.41) is 12.3. The maximum absolute atomic E-state index is 12.3. The van der Waals surface area contributed by atoms with Gasteiger partial charge in [-0.3, -0.25) is 9.59 Å². The number of aliphatic hydroxyl groups excluding tert-OH is 1. The first-order valence-electron chi connectivity index (χ1n) is 8.65. The molecular weight excluding hydrogens is 304 g/mol. The summed E-state index contributed by atoms with van der Waals surface area (Å²) in [4.78, 5) is 26.2. The van der Waals surface area contributed by atoms with E-state index in [4.69, 9.17) is 0 Å². The number of hydrogen-bond donors (Lipinski definition) is 2. The van der Waals surface area contributed by atoms with E-state index >= 15 is 0 Å². The predicted molar refractivity (Wildman–Crippen MR) is 93.9 cm³/mol. The van der Waals surface area contributed by atoms with Crippen LogP contribution < -0.4 is 5.32 Å². The summed E-state index contributed by atoms with van der Waals surface area (Å²) in [5.41, 5.74) is 2.73. The second-order valence-electron chi connectivity index (χ2n) is 6.87. The number of nitrogens with zero attached hydrogens (tertiary/aromatic N) is 1. The number of likely N-dealkylation sites (tertiary alicyclic amines) is 1. The summed E-state index contributed by atoms with van der Waals surface area (Å²) in [6.45, 7) is 7.53. The van der Waals surface area contributed by atoms with Crippen LogP contribution in [0.2, 0.25) is 0 Å². The van der Waals surface area contributed by atoms with Crippen molar-refractivity contribution in [3.05, 3.63) is 34.9 Å². The number of hydrogen-bond acceptors (Lipinski definition) is 3. The molecule has 0 spiro atoms. The molecule has 0 atom stereocenters. The lowest BCUT2D eigenvalue weighted by Gasteiger charge is -2.40. The molecule has 1 aromatic carbocycles. The van der Waals surface area contributed by atoms with Gasteiger partial charge in [0.05, 0.1) is 6.54 Å². The van der Waals surface area contributed by atoms with Gasteiger partial charge in [-0.1, -0.05) is 13.0 Å². The average molecular weight is 332 g/mol. The van der Waals surface area contributed by atoms with Crippen LogP contribution in [0.25, 0.3) is 0 Å². The molecule has 1 aliphatic rings. The predicted octanol–water partition coefficient (Wildman–Crippen LogP) is 2.04. The summed E-state index contributed by atoms with van der Waals surface area (Å²) in [6, 6.07) is 5.53. The van der Waals surface area contributed by atoms with E-state index in [1.807, 2.05) is 26.0 Å². The summed E-state index contributed by atoms with van der Waals surface area (Å²) < 4.78 is 0. The zero-order chi connectivity index (χ0) is 17.7. The standard InChI is InChI=1S/C19H28N2O3/c1-4-19(13-22)7-9-21(10-8-19)17(23)12-20-18(24)16-6-5-14(2)15(3)11-16/h5-6,11,22H,4,7-10,12-13H2,1-3H3,(H,20,24). The number of carbonyl (C=O) groups is 2. The Bertz CT molecular complexity index is 599. The van der Waals surface area contributed by atoms with Crippen LogP contribution >= 0.6 is 0 Å². The lowest BCUT2D eigenvalue weighted by molar-refractivity contribution is -0.133. The van der Waals surface area contributed by atoms with Crippen LogP contribution in [-0.2, 0) is 4.79 Å². The maximum Gasteiger partial charge on any atom is 0.251 e. The molecule has 2 N–H and O–H groups in total. The number of aliphatic hydroxyl groups is 1. The van der Waals surface area contributed by atoms with Crippen molar-refractivity contribution in [2.45, 2.75) is 40.0 Å². The van der Waals surface area contributed by atoms with Crippen LogP contribution in [0.4, 0.5) is 0 Å². The third-order valence-corrected chi connectivity index (χ3v) is 5.43. The molecule has 132 valence electrons. The second kappa shape index (κ2) is 7.79. The number of nitrogens with one attached hydrogen (secondary N) is 1. The van der Waals surface area contributed by atoms with Gasteiger partial charge >= 0.3 is 0 Å². The van der Waals surface area contributed by atoms with Gasteiger partial charge in [0, 0.05) is 25.3 Å². The first-order chi connectivity index (χ1) is 11.4. The fourth-order valence-corrected chi connectivity index (χ4v) is 3.11. The Balaban J connectivity index is 1.85. The fraction of sp³-hybridized carbons (Fsp3) is 0.579. The van der Waals surface area contributed by atoms with Crippen molar-refractivity contribution in [1.82, 2.24) is 10.2 Å². The zero-order valence-electron chi connectivity index (χ0n) is 14.9. The van der Waals surface area contributed by atoms with Gasteiger partial charge in [-0.2, -0.15) is 0 Å². The van der Waals surface area contributed by atoms with Crippen LogP contribution in [0.1, 0.15) is 47.7 Å². The minimum absolute atomic E-state index is 0.0179. The van der Waals surface area contributed by atoms with Crippen LogP contribution in [0.3, 0.4) is 0 Å². The minimum atomic E-state index is -0.221. The van der Waals surface area contributed by atoms with E-state index < -0.39 is 0 Å². The second-order valence-corrected chi connectivity index (χ2v) is 6.87. The van der Waals surface area contributed by atoms with E-state index in [9.17, 15) is 14.7 Å². The molecule has 5 heteroatoms. The molecule has 2 amide bonds. The summed E-state index contributed by atoms with van der Waals surface area (Å²) >= 11 is 0. The van der Waals surface area contributed by atoms with Gasteiger partial charge in [-0.25, -0.2) is 0 Å². The molecule has 1 saturated heterocycles. The normalized spacial score (nSPS) is 16.8. The van der Waals surface area contributed by atoms with Gasteiger partial charge in [0.2, 0.25) is 5.91 Å². The highest BCUT2D eigenvalue weighted by Gasteiger charge is 2.33. The van der Waals surface area contributed by atoms with Gasteiger partial charge in [0.25, 0.3) is 5.91 Å². The summed E-state index contributed by atoms with van der Waals surface area (Å²) in [7, 11) is 0. The average Bonchev–Trinajstić information content (AvgIpc) is 2.61. The quantitative estimate of drug-likeness (QED) is 0.867. The highest BCUT2D eigenvalue weighted by molar-refractivity contribution is 5.96. The molecule has 1 fully saturated rings. The van der Waals surface area contributed by atoms with Gasteiger partial charge in [-0.15, -0.1) is 0 Å². The molecule has 0 saturated carbocycles. The van der Waals surface area contributed by atoms with Crippen LogP contribution in [0.15, 0.2) is 18.2 Å². The van der Waals surface area contributed by atoms with Crippen molar-refractivity contribution < 1.29 is 14.7 Å². The minimum Gasteiger partial charge on any atom is -0.396 e. The Labute approximate surface area is 144 Å². The molecule has 0 radical (unpaired) electrons. The van der Waals surface area contributed by atoms with Gasteiger partial charge in [0.1, 0.15) is 0 Å². The molecular formula is C19H28N2O3. The van der Waals surface area contributed by atoms with E-state index in [0.717, 1.165) is 30.4 Å². The Morgan fingerprint density at radius 3 is 2.42 bits per heavy atom. The monoisotopic (exact) mass is 332 g/mol. The zero-order valence-corrected chi connectivity index (χ0v) is 14.9. The van der Waals surface area contributed by atoms with Crippen molar-refractivity contribution in [2.75, 3.05) is 26.2 Å². The molecule has 5 nitrogen and oxygen atoms in total. The fourth-order valence-electron chi connectivity index (χ4n) is 3.11. The highest BCUT2D eigenvalue weighted by atomic mass is 16.3. The molecule has 0 unspecified atom stereocenters. The van der Waals surface area contributed by atoms with Gasteiger partial charge in [0.15, 0.2) is 0 Å².